The van der Waals surface area contributed by atoms with Crippen LogP contribution >= 0.6 is 0 Å². The fourth-order valence-corrected chi connectivity index (χ4v) is 3.29. The third-order valence-corrected chi connectivity index (χ3v) is 4.63. The Morgan fingerprint density at radius 3 is 2.96 bits per heavy atom. The number of nitrogens with one attached hydrogen (secondary N) is 1. The number of ether oxygens (including phenoxy) is 2. The molecule has 0 saturated carbocycles. The lowest BCUT2D eigenvalue weighted by molar-refractivity contribution is -0.120. The Labute approximate surface area is 151 Å². The minimum atomic E-state index is -0.103. The van der Waals surface area contributed by atoms with Gasteiger partial charge in [-0.15, -0.1) is 0 Å². The average Bonchev–Trinajstić information content (AvgIpc) is 2.88. The van der Waals surface area contributed by atoms with Crippen molar-refractivity contribution in [3.05, 3.63) is 53.6 Å². The molecule has 0 atom stereocenters. The summed E-state index contributed by atoms with van der Waals surface area (Å²) >= 11 is 0. The van der Waals surface area contributed by atoms with E-state index in [0.29, 0.717) is 38.3 Å². The van der Waals surface area contributed by atoms with Crippen LogP contribution in [-0.2, 0) is 27.4 Å². The number of hydrogen-bond donors (Lipinski definition) is 1. The molecule has 26 heavy (non-hydrogen) atoms. The van der Waals surface area contributed by atoms with Crippen LogP contribution < -0.4 is 15.0 Å². The Morgan fingerprint density at radius 1 is 1.15 bits per heavy atom. The highest BCUT2D eigenvalue weighted by Crippen LogP contribution is 2.27. The number of amides is 2. The van der Waals surface area contributed by atoms with E-state index in [-0.39, 0.29) is 18.4 Å². The van der Waals surface area contributed by atoms with Gasteiger partial charge in [0.2, 0.25) is 5.91 Å². The van der Waals surface area contributed by atoms with Crippen LogP contribution in [0.5, 0.6) is 5.75 Å². The van der Waals surface area contributed by atoms with Gasteiger partial charge in [0.15, 0.2) is 6.61 Å². The number of carbonyl (C=O) groups excluding carboxylic acids is 2. The van der Waals surface area contributed by atoms with Crippen molar-refractivity contribution in [2.75, 3.05) is 30.0 Å². The summed E-state index contributed by atoms with van der Waals surface area (Å²) in [6, 6.07) is 13.3. The molecule has 1 N–H and O–H groups in total. The molecule has 6 nitrogen and oxygen atoms in total. The number of nitrogens with zero attached hydrogens (tertiary/aromatic N) is 1. The first kappa shape index (κ1) is 16.6. The third-order valence-electron chi connectivity index (χ3n) is 4.63. The van der Waals surface area contributed by atoms with Crippen LogP contribution in [0, 0.1) is 0 Å². The molecule has 2 aliphatic heterocycles. The molecule has 0 bridgehead atoms. The highest BCUT2D eigenvalue weighted by atomic mass is 16.5. The van der Waals surface area contributed by atoms with Crippen molar-refractivity contribution >= 4 is 23.2 Å². The van der Waals surface area contributed by atoms with Gasteiger partial charge in [-0.25, -0.2) is 0 Å². The summed E-state index contributed by atoms with van der Waals surface area (Å²) in [6.07, 6.45) is 1.16. The van der Waals surface area contributed by atoms with Gasteiger partial charge < -0.3 is 19.7 Å². The van der Waals surface area contributed by atoms with Crippen LogP contribution in [0.1, 0.15) is 17.5 Å². The van der Waals surface area contributed by atoms with Crippen LogP contribution in [0.2, 0.25) is 0 Å². The fourth-order valence-electron chi connectivity index (χ4n) is 3.29. The maximum Gasteiger partial charge on any atom is 0.264 e. The van der Waals surface area contributed by atoms with Gasteiger partial charge in [-0.3, -0.25) is 9.59 Å². The summed E-state index contributed by atoms with van der Waals surface area (Å²) in [5.41, 5.74) is 3.73. The summed E-state index contributed by atoms with van der Waals surface area (Å²) in [5, 5.41) is 2.84. The highest BCUT2D eigenvalue weighted by Gasteiger charge is 2.22. The maximum atomic E-state index is 12.7. The number of rotatable bonds is 3. The molecular formula is C20H20N2O4. The topological polar surface area (TPSA) is 67.9 Å². The molecule has 0 radical (unpaired) electrons. The molecule has 0 aliphatic carbocycles. The van der Waals surface area contributed by atoms with E-state index in [4.69, 9.17) is 9.47 Å². The minimum absolute atomic E-state index is 0.0309. The summed E-state index contributed by atoms with van der Waals surface area (Å²) in [6.45, 7) is 1.48. The van der Waals surface area contributed by atoms with E-state index in [0.717, 1.165) is 22.5 Å². The molecule has 6 heteroatoms. The molecule has 2 aromatic rings. The second-order valence-electron chi connectivity index (χ2n) is 6.38. The molecule has 0 unspecified atom stereocenters. The summed E-state index contributed by atoms with van der Waals surface area (Å²) in [7, 11) is 0. The zero-order valence-electron chi connectivity index (χ0n) is 14.4. The van der Waals surface area contributed by atoms with Crippen LogP contribution in [0.25, 0.3) is 0 Å². The normalized spacial score (nSPS) is 16.2. The fraction of sp³-hybridized carbons (Fsp3) is 0.300. The molecule has 2 aliphatic rings. The van der Waals surface area contributed by atoms with Crippen LogP contribution in [0.3, 0.4) is 0 Å². The van der Waals surface area contributed by atoms with Gasteiger partial charge in [0, 0.05) is 29.9 Å². The monoisotopic (exact) mass is 352 g/mol. The summed E-state index contributed by atoms with van der Waals surface area (Å²) in [5.74, 6) is 0.560. The van der Waals surface area contributed by atoms with Crippen molar-refractivity contribution in [3.8, 4) is 5.75 Å². The molecule has 0 aromatic heterocycles. The average molecular weight is 352 g/mol. The van der Waals surface area contributed by atoms with Crippen LogP contribution in [0.15, 0.2) is 42.5 Å². The Hall–Kier alpha value is -2.86. The molecule has 0 fully saturated rings. The molecule has 2 aromatic carbocycles. The van der Waals surface area contributed by atoms with Gasteiger partial charge in [0.1, 0.15) is 5.75 Å². The Bertz CT molecular complexity index is 849. The van der Waals surface area contributed by atoms with Gasteiger partial charge in [-0.05, 0) is 36.2 Å². The van der Waals surface area contributed by atoms with Gasteiger partial charge in [0.25, 0.3) is 5.91 Å². The van der Waals surface area contributed by atoms with E-state index in [1.54, 1.807) is 11.0 Å². The van der Waals surface area contributed by atoms with Crippen molar-refractivity contribution in [3.63, 3.8) is 0 Å². The zero-order chi connectivity index (χ0) is 17.9. The number of hydrogen-bond acceptors (Lipinski definition) is 4. The summed E-state index contributed by atoms with van der Waals surface area (Å²) < 4.78 is 11.3. The number of anilines is 2. The predicted molar refractivity (Wildman–Crippen MR) is 97.3 cm³/mol. The first-order valence-electron chi connectivity index (χ1n) is 8.72. The van der Waals surface area contributed by atoms with Crippen LogP contribution in [-0.4, -0.2) is 31.6 Å². The number of fused-ring (bicyclic) bond motifs is 2. The number of carbonyl (C=O) groups is 2. The first-order chi connectivity index (χ1) is 12.7. The lowest BCUT2D eigenvalue weighted by Crippen LogP contribution is -2.36. The lowest BCUT2D eigenvalue weighted by atomic mass is 10.0. The number of benzene rings is 2. The van der Waals surface area contributed by atoms with Crippen molar-refractivity contribution < 1.29 is 19.1 Å². The largest absolute Gasteiger partial charge is 0.484 e. The van der Waals surface area contributed by atoms with E-state index < -0.39 is 0 Å². The van der Waals surface area contributed by atoms with Crippen molar-refractivity contribution in [2.24, 2.45) is 0 Å². The predicted octanol–water partition coefficient (Wildman–Crippen LogP) is 2.51. The van der Waals surface area contributed by atoms with E-state index in [9.17, 15) is 9.59 Å². The quantitative estimate of drug-likeness (QED) is 0.922. The molecule has 0 saturated heterocycles. The molecule has 134 valence electrons. The molecular weight excluding hydrogens is 332 g/mol. The Morgan fingerprint density at radius 2 is 2.04 bits per heavy atom. The molecule has 2 amide bonds. The van der Waals surface area contributed by atoms with Gasteiger partial charge in [0.05, 0.1) is 13.2 Å². The Kier molecular flexibility index (Phi) is 4.58. The van der Waals surface area contributed by atoms with Crippen LogP contribution in [0.4, 0.5) is 11.4 Å². The highest BCUT2D eigenvalue weighted by molar-refractivity contribution is 5.95. The Balaban J connectivity index is 1.45. The van der Waals surface area contributed by atoms with Gasteiger partial charge in [-0.1, -0.05) is 18.2 Å². The van der Waals surface area contributed by atoms with Gasteiger partial charge in [-0.2, -0.15) is 0 Å². The third kappa shape index (κ3) is 3.41. The minimum Gasteiger partial charge on any atom is -0.484 e. The summed E-state index contributed by atoms with van der Waals surface area (Å²) in [4.78, 5) is 25.9. The smallest absolute Gasteiger partial charge is 0.264 e. The van der Waals surface area contributed by atoms with Crippen molar-refractivity contribution in [1.82, 2.24) is 0 Å². The second-order valence-corrected chi connectivity index (χ2v) is 6.38. The zero-order valence-corrected chi connectivity index (χ0v) is 14.4. The van der Waals surface area contributed by atoms with Crippen molar-refractivity contribution in [1.29, 1.82) is 0 Å². The molecule has 0 spiro atoms. The first-order valence-corrected chi connectivity index (χ1v) is 8.72. The number of aryl methyl sites for hydroxylation is 1. The maximum absolute atomic E-state index is 12.7. The van der Waals surface area contributed by atoms with E-state index >= 15 is 0 Å². The number of para-hydroxylation sites is 1. The lowest BCUT2D eigenvalue weighted by Gasteiger charge is -2.22. The second kappa shape index (κ2) is 7.17. The van der Waals surface area contributed by atoms with Crippen molar-refractivity contribution in [2.45, 2.75) is 19.4 Å². The molecule has 2 heterocycles. The molecule has 4 rings (SSSR count). The van der Waals surface area contributed by atoms with Gasteiger partial charge >= 0.3 is 0 Å². The van der Waals surface area contributed by atoms with E-state index in [2.05, 4.69) is 5.32 Å². The van der Waals surface area contributed by atoms with E-state index in [1.165, 1.54) is 0 Å². The standard InChI is InChI=1S/C20H20N2O4/c23-19-8-5-14-11-16(6-7-17(14)21-19)26-13-20(24)22-9-10-25-12-15-3-1-2-4-18(15)22/h1-4,6-7,11H,5,8-10,12-13H2,(H,21,23). The van der Waals surface area contributed by atoms with E-state index in [1.807, 2.05) is 36.4 Å². The SMILES string of the molecule is O=C1CCc2cc(OCC(=O)N3CCOCc4ccccc43)ccc2N1.